The molecule has 0 atom stereocenters. The Kier molecular flexibility index (Phi) is 7.34. The second kappa shape index (κ2) is 10.6. The molecule has 34 heavy (non-hydrogen) atoms. The van der Waals surface area contributed by atoms with E-state index in [-0.39, 0.29) is 5.75 Å². The molecule has 174 valence electrons. The van der Waals surface area contributed by atoms with Crippen LogP contribution in [0.15, 0.2) is 72.0 Å². The van der Waals surface area contributed by atoms with Gasteiger partial charge in [0.2, 0.25) is 5.91 Å². The van der Waals surface area contributed by atoms with Crippen molar-refractivity contribution in [3.05, 3.63) is 77.6 Å². The molecule has 0 saturated carbocycles. The molecule has 2 heterocycles. The van der Waals surface area contributed by atoms with Gasteiger partial charge in [-0.3, -0.25) is 19.5 Å². The highest BCUT2D eigenvalue weighted by Crippen LogP contribution is 2.32. The molecule has 4 rings (SSSR count). The average molecular weight is 496 g/mol. The lowest BCUT2D eigenvalue weighted by molar-refractivity contribution is -0.117. The quantitative estimate of drug-likeness (QED) is 0.365. The predicted octanol–water partition coefficient (Wildman–Crippen LogP) is 4.37. The van der Waals surface area contributed by atoms with E-state index in [9.17, 15) is 9.59 Å². The van der Waals surface area contributed by atoms with E-state index in [4.69, 9.17) is 16.3 Å². The zero-order valence-corrected chi connectivity index (χ0v) is 20.1. The van der Waals surface area contributed by atoms with Gasteiger partial charge in [0.25, 0.3) is 5.91 Å². The Morgan fingerprint density at radius 2 is 1.82 bits per heavy atom. The maximum absolute atomic E-state index is 12.5. The number of ether oxygens (including phenoxy) is 1. The number of carbonyl (C=O) groups excluding carboxylic acids is 2. The highest BCUT2D eigenvalue weighted by Gasteiger charge is 2.20. The number of carbonyl (C=O) groups is 2. The molecule has 0 aliphatic rings. The lowest BCUT2D eigenvalue weighted by Crippen LogP contribution is -2.33. The summed E-state index contributed by atoms with van der Waals surface area (Å²) in [4.78, 5) is 24.8. The number of nitrogens with zero attached hydrogens (tertiary/aromatic N) is 4. The van der Waals surface area contributed by atoms with E-state index in [2.05, 4.69) is 15.5 Å². The monoisotopic (exact) mass is 495 g/mol. The third-order valence-corrected chi connectivity index (χ3v) is 6.17. The zero-order chi connectivity index (χ0) is 24.1. The van der Waals surface area contributed by atoms with Gasteiger partial charge in [-0.25, -0.2) is 0 Å². The van der Waals surface area contributed by atoms with Gasteiger partial charge in [-0.1, -0.05) is 35.5 Å². The number of aryl methyl sites for hydroxylation is 1. The van der Waals surface area contributed by atoms with Crippen LogP contribution < -0.4 is 10.1 Å². The number of hydrogen-bond donors (Lipinski definition) is 1. The Bertz CT molecular complexity index is 1320. The lowest BCUT2D eigenvalue weighted by Gasteiger charge is -2.12. The molecular weight excluding hydrogens is 474 g/mol. The molecule has 2 aromatic heterocycles. The molecule has 0 aliphatic heterocycles. The fraction of sp³-hybridized carbons (Fsp3) is 0.167. The molecule has 0 radical (unpaired) electrons. The first-order valence-corrected chi connectivity index (χ1v) is 11.9. The summed E-state index contributed by atoms with van der Waals surface area (Å²) in [7, 11) is 1.74. The third-order valence-electron chi connectivity index (χ3n) is 4.92. The first-order chi connectivity index (χ1) is 16.5. The van der Waals surface area contributed by atoms with Crippen LogP contribution in [0.25, 0.3) is 17.1 Å². The van der Waals surface area contributed by atoms with Crippen LogP contribution in [0.4, 0.5) is 0 Å². The average Bonchev–Trinajstić information content (AvgIpc) is 3.45. The summed E-state index contributed by atoms with van der Waals surface area (Å²) in [5.74, 6) is 0.372. The van der Waals surface area contributed by atoms with Crippen molar-refractivity contribution in [3.63, 3.8) is 0 Å². The molecule has 0 bridgehead atoms. The number of benzene rings is 2. The van der Waals surface area contributed by atoms with Crippen LogP contribution in [0.3, 0.4) is 0 Å². The van der Waals surface area contributed by atoms with E-state index >= 15 is 0 Å². The number of rotatable bonds is 8. The van der Waals surface area contributed by atoms with Gasteiger partial charge in [0.05, 0.1) is 17.4 Å². The molecule has 0 fully saturated rings. The van der Waals surface area contributed by atoms with E-state index < -0.39 is 11.8 Å². The van der Waals surface area contributed by atoms with Gasteiger partial charge in [0.1, 0.15) is 11.4 Å². The van der Waals surface area contributed by atoms with Crippen molar-refractivity contribution in [2.75, 3.05) is 12.4 Å². The van der Waals surface area contributed by atoms with Crippen molar-refractivity contribution in [3.8, 4) is 22.8 Å². The van der Waals surface area contributed by atoms with Crippen LogP contribution in [-0.4, -0.2) is 43.5 Å². The standard InChI is InChI=1S/C24H22ClN5O3S/c1-3-33-17-12-10-16(11-13-17)30-22(18-7-4-5-8-19(18)25)27-28-24(30)34-15-21(31)26-23(32)20-9-6-14-29(20)2/h4-14H,3,15H2,1-2H3,(H,26,31,32). The lowest BCUT2D eigenvalue weighted by atomic mass is 10.2. The Hall–Kier alpha value is -3.56. The molecule has 10 heteroatoms. The minimum atomic E-state index is -0.456. The van der Waals surface area contributed by atoms with E-state index in [0.29, 0.717) is 33.9 Å². The van der Waals surface area contributed by atoms with Crippen molar-refractivity contribution < 1.29 is 14.3 Å². The molecule has 0 spiro atoms. The van der Waals surface area contributed by atoms with E-state index in [1.807, 2.05) is 54.0 Å². The summed E-state index contributed by atoms with van der Waals surface area (Å²) in [6.45, 7) is 2.49. The number of aromatic nitrogens is 4. The summed E-state index contributed by atoms with van der Waals surface area (Å²) in [6.07, 6.45) is 1.74. The summed E-state index contributed by atoms with van der Waals surface area (Å²) >= 11 is 7.60. The van der Waals surface area contributed by atoms with Crippen molar-refractivity contribution >= 4 is 35.2 Å². The fourth-order valence-corrected chi connectivity index (χ4v) is 4.30. The number of thioether (sulfide) groups is 1. The van der Waals surface area contributed by atoms with Crippen LogP contribution in [0.5, 0.6) is 5.75 Å². The Morgan fingerprint density at radius 1 is 1.06 bits per heavy atom. The Labute approximate surface area is 205 Å². The van der Waals surface area contributed by atoms with Gasteiger partial charge in [-0.05, 0) is 55.5 Å². The second-order valence-corrected chi connectivity index (χ2v) is 8.57. The Morgan fingerprint density at radius 3 is 2.50 bits per heavy atom. The van der Waals surface area contributed by atoms with Crippen molar-refractivity contribution in [1.82, 2.24) is 24.6 Å². The molecule has 8 nitrogen and oxygen atoms in total. The molecule has 4 aromatic rings. The summed E-state index contributed by atoms with van der Waals surface area (Å²) in [5, 5.41) is 12.1. The molecule has 0 unspecified atom stereocenters. The maximum Gasteiger partial charge on any atom is 0.274 e. The molecule has 2 aromatic carbocycles. The highest BCUT2D eigenvalue weighted by molar-refractivity contribution is 7.99. The normalized spacial score (nSPS) is 10.8. The van der Waals surface area contributed by atoms with E-state index in [1.54, 1.807) is 36.0 Å². The van der Waals surface area contributed by atoms with Gasteiger partial charge < -0.3 is 9.30 Å². The van der Waals surface area contributed by atoms with Gasteiger partial charge in [0, 0.05) is 24.5 Å². The number of nitrogens with one attached hydrogen (secondary N) is 1. The molecule has 0 saturated heterocycles. The van der Waals surface area contributed by atoms with E-state index in [0.717, 1.165) is 11.4 Å². The largest absolute Gasteiger partial charge is 0.494 e. The molecule has 0 aliphatic carbocycles. The van der Waals surface area contributed by atoms with Crippen LogP contribution >= 0.6 is 23.4 Å². The van der Waals surface area contributed by atoms with Gasteiger partial charge in [0.15, 0.2) is 11.0 Å². The summed E-state index contributed by atoms with van der Waals surface area (Å²) < 4.78 is 9.02. The molecule has 2 amide bonds. The molecular formula is C24H22ClN5O3S. The van der Waals surface area contributed by atoms with Crippen LogP contribution in [-0.2, 0) is 11.8 Å². The van der Waals surface area contributed by atoms with Crippen LogP contribution in [0.2, 0.25) is 5.02 Å². The van der Waals surface area contributed by atoms with Crippen LogP contribution in [0.1, 0.15) is 17.4 Å². The van der Waals surface area contributed by atoms with Crippen molar-refractivity contribution in [2.45, 2.75) is 12.1 Å². The molecule has 1 N–H and O–H groups in total. The number of halogens is 1. The van der Waals surface area contributed by atoms with Gasteiger partial charge >= 0.3 is 0 Å². The highest BCUT2D eigenvalue weighted by atomic mass is 35.5. The van der Waals surface area contributed by atoms with Crippen molar-refractivity contribution in [2.24, 2.45) is 7.05 Å². The van der Waals surface area contributed by atoms with E-state index in [1.165, 1.54) is 11.8 Å². The maximum atomic E-state index is 12.5. The number of imide groups is 1. The first-order valence-electron chi connectivity index (χ1n) is 10.5. The van der Waals surface area contributed by atoms with Gasteiger partial charge in [-0.15, -0.1) is 10.2 Å². The topological polar surface area (TPSA) is 91.0 Å². The van der Waals surface area contributed by atoms with Crippen LogP contribution in [0, 0.1) is 0 Å². The SMILES string of the molecule is CCOc1ccc(-n2c(SCC(=O)NC(=O)c3cccn3C)nnc2-c2ccccc2Cl)cc1. The number of hydrogen-bond acceptors (Lipinski definition) is 6. The predicted molar refractivity (Wildman–Crippen MR) is 132 cm³/mol. The first kappa shape index (κ1) is 23.6. The third kappa shape index (κ3) is 5.16. The second-order valence-electron chi connectivity index (χ2n) is 7.22. The Balaban J connectivity index is 1.59. The smallest absolute Gasteiger partial charge is 0.274 e. The van der Waals surface area contributed by atoms with Crippen molar-refractivity contribution in [1.29, 1.82) is 0 Å². The number of amides is 2. The van der Waals surface area contributed by atoms with Gasteiger partial charge in [-0.2, -0.15) is 0 Å². The zero-order valence-electron chi connectivity index (χ0n) is 18.6. The minimum Gasteiger partial charge on any atom is -0.494 e. The fourth-order valence-electron chi connectivity index (χ4n) is 3.33. The summed E-state index contributed by atoms with van der Waals surface area (Å²) in [5.41, 5.74) is 1.89. The minimum absolute atomic E-state index is 0.0200. The summed E-state index contributed by atoms with van der Waals surface area (Å²) in [6, 6.07) is 18.2.